The summed E-state index contributed by atoms with van der Waals surface area (Å²) in [6, 6.07) is 23.9. The number of hydrogen-bond donors (Lipinski definition) is 2. The molecule has 4 rings (SSSR count). The number of carbonyl (C=O) groups is 1. The minimum absolute atomic E-state index is 0.0741. The van der Waals surface area contributed by atoms with Crippen LogP contribution in [-0.2, 0) is 4.79 Å². The first-order chi connectivity index (χ1) is 15.9. The van der Waals surface area contributed by atoms with Gasteiger partial charge in [-0.15, -0.1) is 0 Å². The Morgan fingerprint density at radius 3 is 2.24 bits per heavy atom. The van der Waals surface area contributed by atoms with Crippen LogP contribution in [0.1, 0.15) is 24.5 Å². The van der Waals surface area contributed by atoms with Gasteiger partial charge in [0.05, 0.1) is 16.6 Å². The van der Waals surface area contributed by atoms with Gasteiger partial charge in [-0.25, -0.2) is 4.98 Å². The van der Waals surface area contributed by atoms with Crippen molar-refractivity contribution in [2.45, 2.75) is 37.6 Å². The largest absolute Gasteiger partial charge is 0.332 e. The fourth-order valence-corrected chi connectivity index (χ4v) is 4.60. The van der Waals surface area contributed by atoms with Gasteiger partial charge in [-0.05, 0) is 38.5 Å². The van der Waals surface area contributed by atoms with E-state index in [0.717, 1.165) is 22.5 Å². The second kappa shape index (κ2) is 10.3. The minimum atomic E-state index is -0.299. The number of halogens is 1. The van der Waals surface area contributed by atoms with Crippen molar-refractivity contribution in [1.29, 1.82) is 0 Å². The van der Waals surface area contributed by atoms with Gasteiger partial charge in [0, 0.05) is 21.8 Å². The summed E-state index contributed by atoms with van der Waals surface area (Å²) >= 11 is 7.50. The molecule has 2 N–H and O–H groups in total. The fraction of sp³-hybridized carbons (Fsp3) is 0.185. The van der Waals surface area contributed by atoms with Gasteiger partial charge in [0.2, 0.25) is 5.91 Å². The van der Waals surface area contributed by atoms with Crippen LogP contribution in [0.2, 0.25) is 5.02 Å². The number of carbonyl (C=O) groups excluding carboxylic acids is 1. The summed E-state index contributed by atoms with van der Waals surface area (Å²) in [6.07, 6.45) is 0.664. The molecule has 168 valence electrons. The molecule has 1 aromatic heterocycles. The topological polar surface area (TPSA) is 57.8 Å². The average Bonchev–Trinajstić information content (AvgIpc) is 3.22. The van der Waals surface area contributed by atoms with E-state index in [1.165, 1.54) is 22.9 Å². The van der Waals surface area contributed by atoms with E-state index in [0.29, 0.717) is 22.3 Å². The maximum absolute atomic E-state index is 12.9. The fourth-order valence-electron chi connectivity index (χ4n) is 3.50. The van der Waals surface area contributed by atoms with Crippen LogP contribution >= 0.6 is 23.4 Å². The van der Waals surface area contributed by atoms with Crippen LogP contribution in [0.4, 0.5) is 5.69 Å². The molecule has 1 unspecified atom stereocenters. The Bertz CT molecular complexity index is 1190. The summed E-state index contributed by atoms with van der Waals surface area (Å²) in [6.45, 7) is 6.14. The highest BCUT2D eigenvalue weighted by atomic mass is 35.5. The maximum Gasteiger partial charge on any atom is 0.237 e. The van der Waals surface area contributed by atoms with Crippen molar-refractivity contribution in [1.82, 2.24) is 9.97 Å². The first-order valence-electron chi connectivity index (χ1n) is 10.9. The van der Waals surface area contributed by atoms with Crippen molar-refractivity contribution in [3.05, 3.63) is 88.9 Å². The van der Waals surface area contributed by atoms with E-state index in [-0.39, 0.29) is 11.2 Å². The molecule has 0 fully saturated rings. The lowest BCUT2D eigenvalue weighted by molar-refractivity contribution is -0.115. The van der Waals surface area contributed by atoms with E-state index < -0.39 is 0 Å². The third-order valence-corrected chi connectivity index (χ3v) is 6.84. The number of nitrogens with one attached hydrogen (secondary N) is 2. The SMILES string of the molecule is CCC(Sc1nc(-c2ccc(C)cc2)c(-c2ccc(C)cc2)[nH]1)C(=O)Nc1cccc(Cl)c1. The average molecular weight is 476 g/mol. The van der Waals surface area contributed by atoms with Gasteiger partial charge >= 0.3 is 0 Å². The third-order valence-electron chi connectivity index (χ3n) is 5.36. The van der Waals surface area contributed by atoms with Crippen LogP contribution < -0.4 is 5.32 Å². The monoisotopic (exact) mass is 475 g/mol. The molecule has 0 radical (unpaired) electrons. The zero-order chi connectivity index (χ0) is 23.4. The number of nitrogens with zero attached hydrogens (tertiary/aromatic N) is 1. The first-order valence-corrected chi connectivity index (χ1v) is 12.2. The lowest BCUT2D eigenvalue weighted by Crippen LogP contribution is -2.24. The number of amides is 1. The van der Waals surface area contributed by atoms with E-state index in [2.05, 4.69) is 72.7 Å². The second-order valence-corrected chi connectivity index (χ2v) is 9.64. The molecule has 33 heavy (non-hydrogen) atoms. The van der Waals surface area contributed by atoms with Gasteiger partial charge in [0.1, 0.15) is 0 Å². The molecule has 1 heterocycles. The molecule has 4 nitrogen and oxygen atoms in total. The van der Waals surface area contributed by atoms with E-state index >= 15 is 0 Å². The van der Waals surface area contributed by atoms with Crippen LogP contribution in [0.15, 0.2) is 78.0 Å². The number of aromatic nitrogens is 2. The van der Waals surface area contributed by atoms with Gasteiger partial charge in [-0.2, -0.15) is 0 Å². The van der Waals surface area contributed by atoms with Gasteiger partial charge in [0.25, 0.3) is 0 Å². The number of thioether (sulfide) groups is 1. The summed E-state index contributed by atoms with van der Waals surface area (Å²) in [5.74, 6) is -0.0741. The van der Waals surface area contributed by atoms with Crippen molar-refractivity contribution in [3.63, 3.8) is 0 Å². The van der Waals surface area contributed by atoms with Crippen LogP contribution in [0.3, 0.4) is 0 Å². The van der Waals surface area contributed by atoms with E-state index in [1.54, 1.807) is 12.1 Å². The second-order valence-electron chi connectivity index (χ2n) is 8.01. The Morgan fingerprint density at radius 1 is 1.00 bits per heavy atom. The Kier molecular flexibility index (Phi) is 7.21. The molecule has 0 aliphatic rings. The van der Waals surface area contributed by atoms with Crippen LogP contribution in [0.5, 0.6) is 0 Å². The van der Waals surface area contributed by atoms with Gasteiger partial charge in [-0.3, -0.25) is 4.79 Å². The number of hydrogen-bond acceptors (Lipinski definition) is 3. The molecule has 0 spiro atoms. The van der Waals surface area contributed by atoms with Crippen LogP contribution in [0, 0.1) is 13.8 Å². The van der Waals surface area contributed by atoms with Crippen LogP contribution in [-0.4, -0.2) is 21.1 Å². The molecule has 4 aromatic rings. The van der Waals surface area contributed by atoms with E-state index in [4.69, 9.17) is 16.6 Å². The summed E-state index contributed by atoms with van der Waals surface area (Å²) in [7, 11) is 0. The van der Waals surface area contributed by atoms with Crippen molar-refractivity contribution in [2.75, 3.05) is 5.32 Å². The summed E-state index contributed by atoms with van der Waals surface area (Å²) in [5, 5.41) is 3.97. The standard InChI is InChI=1S/C27H26ClN3OS/c1-4-23(26(32)29-22-7-5-6-21(28)16-22)33-27-30-24(19-12-8-17(2)9-13-19)25(31-27)20-14-10-18(3)11-15-20/h5-16,23H,4H2,1-3H3,(H,29,32)(H,30,31). The lowest BCUT2D eigenvalue weighted by atomic mass is 10.0. The smallest absolute Gasteiger partial charge is 0.237 e. The summed E-state index contributed by atoms with van der Waals surface area (Å²) in [4.78, 5) is 21.3. The van der Waals surface area contributed by atoms with Crippen molar-refractivity contribution in [3.8, 4) is 22.5 Å². The highest BCUT2D eigenvalue weighted by Crippen LogP contribution is 2.35. The molecule has 1 amide bonds. The van der Waals surface area contributed by atoms with Crippen molar-refractivity contribution >= 4 is 35.0 Å². The molecule has 3 aromatic carbocycles. The predicted octanol–water partition coefficient (Wildman–Crippen LogP) is 7.52. The Morgan fingerprint density at radius 2 is 1.64 bits per heavy atom. The molecule has 0 aliphatic carbocycles. The zero-order valence-corrected chi connectivity index (χ0v) is 20.4. The molecule has 1 atom stereocenters. The Hall–Kier alpha value is -3.02. The quantitative estimate of drug-likeness (QED) is 0.272. The zero-order valence-electron chi connectivity index (χ0n) is 18.9. The highest BCUT2D eigenvalue weighted by molar-refractivity contribution is 8.00. The number of benzene rings is 3. The first kappa shape index (κ1) is 23.1. The van der Waals surface area contributed by atoms with Gasteiger partial charge in [-0.1, -0.05) is 96.0 Å². The molecule has 0 bridgehead atoms. The predicted molar refractivity (Wildman–Crippen MR) is 139 cm³/mol. The Balaban J connectivity index is 1.63. The normalized spacial score (nSPS) is 11.9. The molecular formula is C27H26ClN3OS. The van der Waals surface area contributed by atoms with Gasteiger partial charge in [0.15, 0.2) is 5.16 Å². The number of H-pyrrole nitrogens is 1. The number of aryl methyl sites for hydroxylation is 2. The number of imidazole rings is 1. The van der Waals surface area contributed by atoms with E-state index in [9.17, 15) is 4.79 Å². The summed E-state index contributed by atoms with van der Waals surface area (Å²) in [5.41, 5.74) is 7.02. The minimum Gasteiger partial charge on any atom is -0.332 e. The molecular weight excluding hydrogens is 450 g/mol. The highest BCUT2D eigenvalue weighted by Gasteiger charge is 2.22. The molecule has 0 aliphatic heterocycles. The summed E-state index contributed by atoms with van der Waals surface area (Å²) < 4.78 is 0. The van der Waals surface area contributed by atoms with Crippen LogP contribution in [0.25, 0.3) is 22.5 Å². The third kappa shape index (κ3) is 5.67. The van der Waals surface area contributed by atoms with E-state index in [1.807, 2.05) is 19.1 Å². The van der Waals surface area contributed by atoms with Crippen molar-refractivity contribution in [2.24, 2.45) is 0 Å². The maximum atomic E-state index is 12.9. The lowest BCUT2D eigenvalue weighted by Gasteiger charge is -2.13. The number of anilines is 1. The molecule has 6 heteroatoms. The van der Waals surface area contributed by atoms with Gasteiger partial charge < -0.3 is 10.3 Å². The number of rotatable bonds is 7. The Labute approximate surface area is 203 Å². The molecule has 0 saturated heterocycles. The number of aromatic amines is 1. The molecule has 0 saturated carbocycles. The van der Waals surface area contributed by atoms with Crippen molar-refractivity contribution < 1.29 is 4.79 Å².